The van der Waals surface area contributed by atoms with E-state index in [-0.39, 0.29) is 17.0 Å². The van der Waals surface area contributed by atoms with E-state index < -0.39 is 0 Å². The zero-order valence-corrected chi connectivity index (χ0v) is 10.1. The summed E-state index contributed by atoms with van der Waals surface area (Å²) in [6, 6.07) is 0. The molecule has 1 aliphatic carbocycles. The van der Waals surface area contributed by atoms with Crippen molar-refractivity contribution in [2.24, 2.45) is 5.92 Å². The molecule has 0 atom stereocenters. The van der Waals surface area contributed by atoms with Crippen LogP contribution in [0, 0.1) is 5.92 Å². The highest BCUT2D eigenvalue weighted by atomic mass is 79.9. The van der Waals surface area contributed by atoms with Crippen LogP contribution in [0.4, 0.5) is 0 Å². The van der Waals surface area contributed by atoms with E-state index in [1.54, 1.807) is 17.4 Å². The lowest BCUT2D eigenvalue weighted by Crippen LogP contribution is -1.96. The molecule has 10 heavy (non-hydrogen) atoms. The monoisotopic (exact) mass is 216 g/mol. The molecular weight excluding hydrogens is 200 g/mol. The van der Waals surface area contributed by atoms with E-state index in [1.807, 2.05) is 0 Å². The van der Waals surface area contributed by atoms with Crippen molar-refractivity contribution in [3.8, 4) is 0 Å². The Hall–Kier alpha value is 1.25. The Kier molecular flexibility index (Phi) is 7.79. The maximum Gasteiger partial charge on any atom is 0.364 e. The molecule has 0 radical (unpaired) electrons. The molecule has 0 N–H and O–H groups in total. The van der Waals surface area contributed by atoms with Crippen molar-refractivity contribution in [1.29, 1.82) is 0 Å². The molecule has 0 amide bonds. The van der Waals surface area contributed by atoms with E-state index in [2.05, 4.69) is 6.92 Å². The van der Waals surface area contributed by atoms with Crippen molar-refractivity contribution in [2.75, 3.05) is 0 Å². The van der Waals surface area contributed by atoms with Crippen LogP contribution in [0.3, 0.4) is 0 Å². The summed E-state index contributed by atoms with van der Waals surface area (Å²) in [5.41, 5.74) is 0. The van der Waals surface area contributed by atoms with E-state index in [1.165, 1.54) is 23.3 Å². The van der Waals surface area contributed by atoms with Gasteiger partial charge in [0.1, 0.15) is 0 Å². The molecule has 0 aromatic carbocycles. The summed E-state index contributed by atoms with van der Waals surface area (Å²) in [5.74, 6) is 1.18. The molecule has 0 heterocycles. The van der Waals surface area contributed by atoms with Crippen LogP contribution in [0.15, 0.2) is 0 Å². The lowest BCUT2D eigenvalue weighted by atomic mass is 10.1. The Bertz CT molecular complexity index is 69.7. The van der Waals surface area contributed by atoms with Gasteiger partial charge in [-0.2, -0.15) is 0 Å². The van der Waals surface area contributed by atoms with Gasteiger partial charge >= 0.3 is 20.4 Å². The Morgan fingerprint density at radius 2 is 1.90 bits per heavy atom. The Morgan fingerprint density at radius 1 is 1.30 bits per heavy atom. The third-order valence-electron chi connectivity index (χ3n) is 2.44. The average Bonchev–Trinajstić information content (AvgIpc) is 2.34. The first-order valence-electron chi connectivity index (χ1n) is 4.43. The van der Waals surface area contributed by atoms with E-state index in [9.17, 15) is 0 Å². The molecule has 0 unspecified atom stereocenters. The molecule has 0 aromatic rings. The van der Waals surface area contributed by atoms with E-state index in [4.69, 9.17) is 0 Å². The van der Waals surface area contributed by atoms with Crippen LogP contribution < -0.4 is 0 Å². The fourth-order valence-electron chi connectivity index (χ4n) is 1.79. The van der Waals surface area contributed by atoms with Crippen molar-refractivity contribution in [1.82, 2.24) is 0 Å². The summed E-state index contributed by atoms with van der Waals surface area (Å²) in [6.07, 6.45) is 6.19. The minimum atomic E-state index is 0. The molecule has 1 rings (SSSR count). The SMILES string of the molecule is Br.C[CH2][Mg][CH2]C1CCCC1. The topological polar surface area (TPSA) is 0 Å². The van der Waals surface area contributed by atoms with Crippen molar-refractivity contribution in [2.45, 2.75) is 41.7 Å². The fraction of sp³-hybridized carbons (Fsp3) is 1.00. The Labute approximate surface area is 84.6 Å². The van der Waals surface area contributed by atoms with E-state index in [0.29, 0.717) is 20.4 Å². The maximum atomic E-state index is 2.35. The highest BCUT2D eigenvalue weighted by Gasteiger charge is 2.13. The zero-order chi connectivity index (χ0) is 6.53. The Morgan fingerprint density at radius 3 is 2.40 bits per heavy atom. The molecule has 2 heteroatoms. The normalized spacial score (nSPS) is 18.1. The smallest absolute Gasteiger partial charge is 0.149 e. The van der Waals surface area contributed by atoms with Gasteiger partial charge in [0.25, 0.3) is 0 Å². The minimum Gasteiger partial charge on any atom is -0.149 e. The third-order valence-corrected chi connectivity index (χ3v) is 4.37. The number of rotatable bonds is 3. The minimum absolute atomic E-state index is 0. The molecular formula is C8H17BrMg. The summed E-state index contributed by atoms with van der Waals surface area (Å²) in [5, 5.41) is 0. The molecule has 0 bridgehead atoms. The molecule has 1 fully saturated rings. The van der Waals surface area contributed by atoms with Crippen LogP contribution in [0.1, 0.15) is 32.6 Å². The standard InChI is InChI=1S/C6H11.C2H5.BrH.Mg/c1-6-4-2-3-5-6;1-2;;/h6H,1-5H2;1H2,2H3;1H;. The first kappa shape index (κ1) is 11.2. The fourth-order valence-corrected chi connectivity index (χ4v) is 3.35. The summed E-state index contributed by atoms with van der Waals surface area (Å²) < 4.78 is 3.17. The summed E-state index contributed by atoms with van der Waals surface area (Å²) in [6.45, 7) is 2.35. The van der Waals surface area contributed by atoms with Gasteiger partial charge in [-0.05, 0) is 0 Å². The van der Waals surface area contributed by atoms with Crippen molar-refractivity contribution >= 4 is 37.3 Å². The highest BCUT2D eigenvalue weighted by molar-refractivity contribution is 8.93. The van der Waals surface area contributed by atoms with Crippen LogP contribution in [0.25, 0.3) is 0 Å². The molecule has 1 saturated carbocycles. The zero-order valence-electron chi connectivity index (χ0n) is 6.94. The van der Waals surface area contributed by atoms with Gasteiger partial charge in [-0.3, -0.25) is 0 Å². The van der Waals surface area contributed by atoms with Gasteiger partial charge in [-0.25, -0.2) is 0 Å². The molecule has 0 saturated heterocycles. The maximum absolute atomic E-state index is 2.35. The first-order valence-corrected chi connectivity index (χ1v) is 6.43. The Balaban J connectivity index is 0.000000810. The van der Waals surface area contributed by atoms with Gasteiger partial charge in [0.2, 0.25) is 0 Å². The lowest BCUT2D eigenvalue weighted by molar-refractivity contribution is 0.608. The quantitative estimate of drug-likeness (QED) is 0.636. The predicted octanol–water partition coefficient (Wildman–Crippen LogP) is 3.32. The number of hydrogen-bond donors (Lipinski definition) is 0. The van der Waals surface area contributed by atoms with Crippen molar-refractivity contribution in [3.05, 3.63) is 0 Å². The predicted molar refractivity (Wildman–Crippen MR) is 53.3 cm³/mol. The number of halogens is 1. The van der Waals surface area contributed by atoms with E-state index in [0.717, 1.165) is 0 Å². The van der Waals surface area contributed by atoms with Crippen LogP contribution in [-0.4, -0.2) is 20.4 Å². The van der Waals surface area contributed by atoms with Crippen LogP contribution in [0.5, 0.6) is 0 Å². The summed E-state index contributed by atoms with van der Waals surface area (Å²) in [4.78, 5) is 0. The molecule has 58 valence electrons. The van der Waals surface area contributed by atoms with E-state index >= 15 is 0 Å². The second-order valence-corrected chi connectivity index (χ2v) is 5.58. The molecule has 0 aliphatic heterocycles. The second-order valence-electron chi connectivity index (χ2n) is 3.29. The van der Waals surface area contributed by atoms with Crippen LogP contribution in [-0.2, 0) is 0 Å². The summed E-state index contributed by atoms with van der Waals surface area (Å²) >= 11 is 0.392. The number of hydrogen-bond acceptors (Lipinski definition) is 0. The van der Waals surface area contributed by atoms with Gasteiger partial charge < -0.3 is 0 Å². The van der Waals surface area contributed by atoms with Crippen LogP contribution in [0.2, 0.25) is 9.10 Å². The van der Waals surface area contributed by atoms with Gasteiger partial charge in [-0.15, -0.1) is 26.1 Å². The average molecular weight is 217 g/mol. The summed E-state index contributed by atoms with van der Waals surface area (Å²) in [7, 11) is 0. The lowest BCUT2D eigenvalue weighted by Gasteiger charge is -2.04. The van der Waals surface area contributed by atoms with Gasteiger partial charge in [0.05, 0.1) is 0 Å². The first-order chi connectivity index (χ1) is 4.43. The van der Waals surface area contributed by atoms with Crippen molar-refractivity contribution in [3.63, 3.8) is 0 Å². The third kappa shape index (κ3) is 4.19. The molecule has 0 aromatic heterocycles. The molecule has 1 aliphatic rings. The largest absolute Gasteiger partial charge is 0.364 e. The van der Waals surface area contributed by atoms with Gasteiger partial charge in [0, 0.05) is 0 Å². The molecule has 0 spiro atoms. The second kappa shape index (κ2) is 6.93. The van der Waals surface area contributed by atoms with Gasteiger partial charge in [0.15, 0.2) is 0 Å². The van der Waals surface area contributed by atoms with Gasteiger partial charge in [-0.1, -0.05) is 38.5 Å². The molecule has 0 nitrogen and oxygen atoms in total. The van der Waals surface area contributed by atoms with Crippen LogP contribution >= 0.6 is 17.0 Å². The van der Waals surface area contributed by atoms with Crippen molar-refractivity contribution < 1.29 is 0 Å². The highest BCUT2D eigenvalue weighted by Crippen LogP contribution is 2.27.